The van der Waals surface area contributed by atoms with Crippen LogP contribution in [0.5, 0.6) is 0 Å². The SMILES string of the molecule is CC(C)(C)C12CCC(CNC1)N2C(=O)O.Cl. The van der Waals surface area contributed by atoms with E-state index >= 15 is 0 Å². The summed E-state index contributed by atoms with van der Waals surface area (Å²) < 4.78 is 0. The van der Waals surface area contributed by atoms with Crippen LogP contribution < -0.4 is 5.32 Å². The van der Waals surface area contributed by atoms with Crippen molar-refractivity contribution in [3.8, 4) is 0 Å². The molecular weight excluding hydrogens is 228 g/mol. The second kappa shape index (κ2) is 4.08. The third kappa shape index (κ3) is 1.68. The Labute approximate surface area is 103 Å². The zero-order chi connectivity index (χ0) is 11.3. The molecule has 0 spiro atoms. The van der Waals surface area contributed by atoms with E-state index in [1.54, 1.807) is 4.90 Å². The molecule has 2 saturated heterocycles. The standard InChI is InChI=1S/C11H20N2O2.ClH/c1-10(2,3)11-5-4-8(6-12-7-11)13(11)9(14)15;/h8,12H,4-7H2,1-3H3,(H,14,15);1H. The third-order valence-electron chi connectivity index (χ3n) is 4.12. The summed E-state index contributed by atoms with van der Waals surface area (Å²) in [6, 6.07) is 0.176. The molecule has 2 fully saturated rings. The normalized spacial score (nSPS) is 33.4. The summed E-state index contributed by atoms with van der Waals surface area (Å²) in [4.78, 5) is 13.1. The molecule has 2 atom stereocenters. The number of hydrogen-bond acceptors (Lipinski definition) is 2. The molecule has 2 aliphatic heterocycles. The Balaban J connectivity index is 0.00000128. The maximum atomic E-state index is 11.4. The molecule has 0 saturated carbocycles. The Morgan fingerprint density at radius 3 is 2.56 bits per heavy atom. The second-order valence-corrected chi connectivity index (χ2v) is 5.76. The highest BCUT2D eigenvalue weighted by Gasteiger charge is 2.57. The van der Waals surface area contributed by atoms with E-state index in [0.717, 1.165) is 25.9 Å². The molecule has 2 heterocycles. The van der Waals surface area contributed by atoms with Crippen molar-refractivity contribution in [1.29, 1.82) is 0 Å². The highest BCUT2D eigenvalue weighted by Crippen LogP contribution is 2.47. The predicted octanol–water partition coefficient (Wildman–Crippen LogP) is 1.94. The number of carbonyl (C=O) groups is 1. The van der Waals surface area contributed by atoms with Crippen LogP contribution in [0.2, 0.25) is 0 Å². The molecule has 0 aromatic carbocycles. The Morgan fingerprint density at radius 1 is 1.50 bits per heavy atom. The van der Waals surface area contributed by atoms with Crippen LogP contribution in [0.1, 0.15) is 33.6 Å². The van der Waals surface area contributed by atoms with Gasteiger partial charge in [-0.3, -0.25) is 4.90 Å². The summed E-state index contributed by atoms with van der Waals surface area (Å²) in [6.45, 7) is 8.01. The quantitative estimate of drug-likeness (QED) is 0.689. The van der Waals surface area contributed by atoms with Gasteiger partial charge in [-0.2, -0.15) is 0 Å². The lowest BCUT2D eigenvalue weighted by atomic mass is 9.71. The minimum absolute atomic E-state index is 0. The van der Waals surface area contributed by atoms with Crippen LogP contribution in [-0.4, -0.2) is 40.8 Å². The first-order valence-corrected chi connectivity index (χ1v) is 5.61. The molecule has 5 heteroatoms. The summed E-state index contributed by atoms with van der Waals surface area (Å²) in [7, 11) is 0. The van der Waals surface area contributed by atoms with Crippen LogP contribution >= 0.6 is 12.4 Å². The van der Waals surface area contributed by atoms with Crippen molar-refractivity contribution >= 4 is 18.5 Å². The van der Waals surface area contributed by atoms with Crippen molar-refractivity contribution in [3.05, 3.63) is 0 Å². The van der Waals surface area contributed by atoms with Crippen LogP contribution in [0.3, 0.4) is 0 Å². The molecule has 2 bridgehead atoms. The third-order valence-corrected chi connectivity index (χ3v) is 4.12. The molecule has 0 radical (unpaired) electrons. The topological polar surface area (TPSA) is 52.6 Å². The largest absolute Gasteiger partial charge is 0.465 e. The van der Waals surface area contributed by atoms with Gasteiger partial charge >= 0.3 is 6.09 Å². The van der Waals surface area contributed by atoms with Crippen LogP contribution in [0, 0.1) is 5.41 Å². The smallest absolute Gasteiger partial charge is 0.408 e. The van der Waals surface area contributed by atoms with Crippen LogP contribution in [0.15, 0.2) is 0 Å². The Hall–Kier alpha value is -0.480. The summed E-state index contributed by atoms with van der Waals surface area (Å²) in [5.74, 6) is 0. The number of nitrogens with one attached hydrogen (secondary N) is 1. The fourth-order valence-corrected chi connectivity index (χ4v) is 3.16. The van der Waals surface area contributed by atoms with Crippen molar-refractivity contribution in [2.75, 3.05) is 13.1 Å². The van der Waals surface area contributed by atoms with E-state index in [-0.39, 0.29) is 29.4 Å². The number of fused-ring (bicyclic) bond motifs is 2. The molecule has 94 valence electrons. The minimum atomic E-state index is -0.756. The number of rotatable bonds is 0. The van der Waals surface area contributed by atoms with Gasteiger partial charge in [0.2, 0.25) is 0 Å². The van der Waals surface area contributed by atoms with E-state index in [1.807, 2.05) is 0 Å². The molecule has 2 unspecified atom stereocenters. The summed E-state index contributed by atoms with van der Waals surface area (Å²) in [6.07, 6.45) is 1.23. The molecular formula is C11H21ClN2O2. The summed E-state index contributed by atoms with van der Waals surface area (Å²) in [5, 5.41) is 12.7. The van der Waals surface area contributed by atoms with Gasteiger partial charge in [0, 0.05) is 19.1 Å². The van der Waals surface area contributed by atoms with Gasteiger partial charge in [0.05, 0.1) is 5.54 Å². The van der Waals surface area contributed by atoms with Crippen molar-refractivity contribution in [1.82, 2.24) is 10.2 Å². The van der Waals surface area contributed by atoms with Crippen molar-refractivity contribution < 1.29 is 9.90 Å². The lowest BCUT2D eigenvalue weighted by Crippen LogP contribution is -2.67. The van der Waals surface area contributed by atoms with E-state index < -0.39 is 6.09 Å². The maximum absolute atomic E-state index is 11.4. The highest BCUT2D eigenvalue weighted by atomic mass is 35.5. The lowest BCUT2D eigenvalue weighted by Gasteiger charge is -2.51. The van der Waals surface area contributed by atoms with E-state index in [2.05, 4.69) is 26.1 Å². The van der Waals surface area contributed by atoms with Gasteiger partial charge in [-0.25, -0.2) is 4.79 Å². The van der Waals surface area contributed by atoms with Gasteiger partial charge in [0.15, 0.2) is 0 Å². The molecule has 2 N–H and O–H groups in total. The average Bonchev–Trinajstić information content (AvgIpc) is 2.34. The maximum Gasteiger partial charge on any atom is 0.408 e. The minimum Gasteiger partial charge on any atom is -0.465 e. The molecule has 0 aromatic heterocycles. The summed E-state index contributed by atoms with van der Waals surface area (Å²) >= 11 is 0. The molecule has 2 aliphatic rings. The average molecular weight is 249 g/mol. The number of amides is 1. The van der Waals surface area contributed by atoms with Gasteiger partial charge in [-0.05, 0) is 18.3 Å². The first kappa shape index (κ1) is 13.6. The fraction of sp³-hybridized carbons (Fsp3) is 0.909. The van der Waals surface area contributed by atoms with Gasteiger partial charge in [-0.1, -0.05) is 20.8 Å². The Bertz CT molecular complexity index is 286. The molecule has 0 aromatic rings. The monoisotopic (exact) mass is 248 g/mol. The number of carboxylic acid groups (broad SMARTS) is 1. The number of nitrogens with zero attached hydrogens (tertiary/aromatic N) is 1. The molecule has 2 rings (SSSR count). The van der Waals surface area contributed by atoms with Crippen LogP contribution in [0.25, 0.3) is 0 Å². The van der Waals surface area contributed by atoms with E-state index in [1.165, 1.54) is 0 Å². The highest BCUT2D eigenvalue weighted by molar-refractivity contribution is 5.85. The summed E-state index contributed by atoms with van der Waals surface area (Å²) in [5.41, 5.74) is -0.213. The van der Waals surface area contributed by atoms with Gasteiger partial charge in [-0.15, -0.1) is 12.4 Å². The van der Waals surface area contributed by atoms with Crippen molar-refractivity contribution in [3.63, 3.8) is 0 Å². The van der Waals surface area contributed by atoms with Crippen molar-refractivity contribution in [2.45, 2.75) is 45.2 Å². The molecule has 16 heavy (non-hydrogen) atoms. The second-order valence-electron chi connectivity index (χ2n) is 5.76. The fourth-order valence-electron chi connectivity index (χ4n) is 3.16. The first-order chi connectivity index (χ1) is 6.88. The van der Waals surface area contributed by atoms with E-state index in [0.29, 0.717) is 0 Å². The lowest BCUT2D eigenvalue weighted by molar-refractivity contribution is -0.00326. The zero-order valence-electron chi connectivity index (χ0n) is 10.1. The molecule has 1 amide bonds. The molecule has 4 nitrogen and oxygen atoms in total. The van der Waals surface area contributed by atoms with Gasteiger partial charge in [0.25, 0.3) is 0 Å². The van der Waals surface area contributed by atoms with Crippen LogP contribution in [-0.2, 0) is 0 Å². The Morgan fingerprint density at radius 2 is 2.12 bits per heavy atom. The predicted molar refractivity (Wildman–Crippen MR) is 65.2 cm³/mol. The number of hydrogen-bond donors (Lipinski definition) is 2. The number of piperazine rings is 1. The Kier molecular flexibility index (Phi) is 3.46. The zero-order valence-corrected chi connectivity index (χ0v) is 10.9. The first-order valence-electron chi connectivity index (χ1n) is 5.61. The van der Waals surface area contributed by atoms with E-state index in [9.17, 15) is 9.90 Å². The molecule has 0 aliphatic carbocycles. The van der Waals surface area contributed by atoms with Crippen molar-refractivity contribution in [2.24, 2.45) is 5.41 Å². The van der Waals surface area contributed by atoms with Gasteiger partial charge in [0.1, 0.15) is 0 Å². The van der Waals surface area contributed by atoms with E-state index in [4.69, 9.17) is 0 Å². The number of halogens is 1. The van der Waals surface area contributed by atoms with Crippen LogP contribution in [0.4, 0.5) is 4.79 Å². The van der Waals surface area contributed by atoms with Gasteiger partial charge < -0.3 is 10.4 Å².